The minimum absolute atomic E-state index is 0.172. The van der Waals surface area contributed by atoms with Gasteiger partial charge in [0.05, 0.1) is 11.5 Å². The van der Waals surface area contributed by atoms with Crippen LogP contribution in [0.15, 0.2) is 24.3 Å². The fourth-order valence-electron chi connectivity index (χ4n) is 1.38. The first-order valence-corrected chi connectivity index (χ1v) is 5.14. The predicted octanol–water partition coefficient (Wildman–Crippen LogP) is 1.31. The van der Waals surface area contributed by atoms with Gasteiger partial charge in [0.2, 0.25) is 0 Å². The molecule has 4 heteroatoms. The Morgan fingerprint density at radius 2 is 2.20 bits per heavy atom. The van der Waals surface area contributed by atoms with Gasteiger partial charge in [-0.05, 0) is 0 Å². The van der Waals surface area contributed by atoms with E-state index in [-0.39, 0.29) is 10.6 Å². The second kappa shape index (κ2) is 5.46. The normalized spacial score (nSPS) is 10.6. The topological polar surface area (TPSA) is 59.8 Å². The Balaban J connectivity index is 2.54. The average Bonchev–Trinajstić information content (AvgIpc) is 2.17. The molecule has 0 aliphatic carbocycles. The molecule has 1 rings (SSSR count). The van der Waals surface area contributed by atoms with Crippen LogP contribution in [-0.2, 0) is 6.54 Å². The number of non-ortho nitro benzene ring substituents is 1. The molecule has 0 bridgehead atoms. The Hall–Kier alpha value is -1.42. The fraction of sp³-hybridized carbons (Fsp3) is 0.455. The summed E-state index contributed by atoms with van der Waals surface area (Å²) in [5.41, 5.74) is 1.18. The van der Waals surface area contributed by atoms with Gasteiger partial charge in [-0.2, -0.15) is 0 Å². The lowest BCUT2D eigenvalue weighted by molar-refractivity contribution is -0.675. The molecule has 0 spiro atoms. The minimum Gasteiger partial charge on any atom is -0.342 e. The van der Waals surface area contributed by atoms with Crippen LogP contribution >= 0.6 is 0 Å². The Labute approximate surface area is 89.5 Å². The number of hydrogen-bond acceptors (Lipinski definition) is 2. The highest BCUT2D eigenvalue weighted by Gasteiger charge is 2.06. The largest absolute Gasteiger partial charge is 0.342 e. The monoisotopic (exact) mass is 209 g/mol. The van der Waals surface area contributed by atoms with Crippen LogP contribution < -0.4 is 5.32 Å². The van der Waals surface area contributed by atoms with E-state index in [0.717, 1.165) is 18.7 Å². The van der Waals surface area contributed by atoms with Crippen molar-refractivity contribution in [3.63, 3.8) is 0 Å². The van der Waals surface area contributed by atoms with Crippen LogP contribution in [0.3, 0.4) is 0 Å². The molecule has 0 aromatic heterocycles. The van der Waals surface area contributed by atoms with Crippen LogP contribution in [-0.4, -0.2) is 11.5 Å². The zero-order valence-corrected chi connectivity index (χ0v) is 9.14. The molecular formula is C11H17N2O2+. The second-order valence-electron chi connectivity index (χ2n) is 4.05. The number of rotatable bonds is 5. The van der Waals surface area contributed by atoms with Crippen molar-refractivity contribution in [1.29, 1.82) is 0 Å². The van der Waals surface area contributed by atoms with Gasteiger partial charge < -0.3 is 5.32 Å². The maximum atomic E-state index is 10.5. The van der Waals surface area contributed by atoms with Gasteiger partial charge >= 0.3 is 0 Å². The summed E-state index contributed by atoms with van der Waals surface area (Å²) in [5.74, 6) is 0.642. The highest BCUT2D eigenvalue weighted by atomic mass is 16.6. The number of benzene rings is 1. The molecule has 82 valence electrons. The highest BCUT2D eigenvalue weighted by molar-refractivity contribution is 5.33. The molecule has 0 fully saturated rings. The molecule has 15 heavy (non-hydrogen) atoms. The van der Waals surface area contributed by atoms with Gasteiger partial charge in [-0.15, -0.1) is 0 Å². The molecule has 2 N–H and O–H groups in total. The number of hydrogen-bond donors (Lipinski definition) is 1. The van der Waals surface area contributed by atoms with E-state index in [1.807, 2.05) is 6.07 Å². The maximum Gasteiger partial charge on any atom is 0.269 e. The molecule has 0 amide bonds. The molecule has 0 saturated carbocycles. The molecule has 0 aliphatic rings. The summed E-state index contributed by atoms with van der Waals surface area (Å²) in [4.78, 5) is 10.2. The van der Waals surface area contributed by atoms with Crippen molar-refractivity contribution >= 4 is 5.69 Å². The van der Waals surface area contributed by atoms with E-state index < -0.39 is 0 Å². The van der Waals surface area contributed by atoms with E-state index in [9.17, 15) is 10.1 Å². The Morgan fingerprint density at radius 1 is 1.47 bits per heavy atom. The summed E-state index contributed by atoms with van der Waals surface area (Å²) in [7, 11) is 0. The zero-order valence-electron chi connectivity index (χ0n) is 9.14. The Kier molecular flexibility index (Phi) is 4.24. The van der Waals surface area contributed by atoms with Crippen LogP contribution in [0.5, 0.6) is 0 Å². The van der Waals surface area contributed by atoms with Gasteiger partial charge in [0.15, 0.2) is 0 Å². The van der Waals surface area contributed by atoms with E-state index in [0.29, 0.717) is 5.92 Å². The number of nitrogens with zero attached hydrogens (tertiary/aromatic N) is 1. The molecule has 0 radical (unpaired) electrons. The summed E-state index contributed by atoms with van der Waals surface area (Å²) in [6.07, 6.45) is 0. The Morgan fingerprint density at radius 3 is 2.80 bits per heavy atom. The molecule has 1 aromatic carbocycles. The quantitative estimate of drug-likeness (QED) is 0.587. The van der Waals surface area contributed by atoms with Crippen molar-refractivity contribution in [1.82, 2.24) is 0 Å². The Bertz CT molecular complexity index is 337. The summed E-state index contributed by atoms with van der Waals surface area (Å²) >= 11 is 0. The maximum absolute atomic E-state index is 10.5. The third kappa shape index (κ3) is 4.08. The summed E-state index contributed by atoms with van der Waals surface area (Å²) < 4.78 is 0. The first kappa shape index (κ1) is 11.7. The lowest BCUT2D eigenvalue weighted by Gasteiger charge is -2.04. The van der Waals surface area contributed by atoms with Gasteiger partial charge in [-0.25, -0.2) is 0 Å². The van der Waals surface area contributed by atoms with Crippen molar-refractivity contribution in [2.24, 2.45) is 5.92 Å². The third-order valence-corrected chi connectivity index (χ3v) is 2.14. The second-order valence-corrected chi connectivity index (χ2v) is 4.05. The predicted molar refractivity (Wildman–Crippen MR) is 58.4 cm³/mol. The van der Waals surface area contributed by atoms with Gasteiger partial charge in [0.1, 0.15) is 6.54 Å². The molecule has 0 aliphatic heterocycles. The zero-order chi connectivity index (χ0) is 11.3. The molecular weight excluding hydrogens is 192 g/mol. The first-order chi connectivity index (χ1) is 7.09. The van der Waals surface area contributed by atoms with Crippen LogP contribution in [0.4, 0.5) is 5.69 Å². The number of nitro benzene ring substituents is 1. The average molecular weight is 209 g/mol. The van der Waals surface area contributed by atoms with Crippen molar-refractivity contribution in [3.8, 4) is 0 Å². The van der Waals surface area contributed by atoms with Crippen LogP contribution in [0.25, 0.3) is 0 Å². The molecule has 0 heterocycles. The number of quaternary nitrogens is 1. The van der Waals surface area contributed by atoms with E-state index in [1.54, 1.807) is 12.1 Å². The third-order valence-electron chi connectivity index (χ3n) is 2.14. The van der Waals surface area contributed by atoms with Crippen molar-refractivity contribution in [2.75, 3.05) is 6.54 Å². The molecule has 0 unspecified atom stereocenters. The van der Waals surface area contributed by atoms with Crippen molar-refractivity contribution in [2.45, 2.75) is 20.4 Å². The van der Waals surface area contributed by atoms with E-state index >= 15 is 0 Å². The summed E-state index contributed by atoms with van der Waals surface area (Å²) in [6.45, 7) is 6.16. The first-order valence-electron chi connectivity index (χ1n) is 5.14. The van der Waals surface area contributed by atoms with Gasteiger partial charge in [0.25, 0.3) is 5.69 Å². The van der Waals surface area contributed by atoms with Crippen LogP contribution in [0, 0.1) is 16.0 Å². The molecule has 0 saturated heterocycles. The van der Waals surface area contributed by atoms with Crippen molar-refractivity contribution in [3.05, 3.63) is 39.9 Å². The van der Waals surface area contributed by atoms with Crippen LogP contribution in [0.2, 0.25) is 0 Å². The molecule has 0 atom stereocenters. The molecule has 1 aromatic rings. The van der Waals surface area contributed by atoms with Gasteiger partial charge in [-0.1, -0.05) is 26.0 Å². The molecule has 4 nitrogen and oxygen atoms in total. The van der Waals surface area contributed by atoms with Gasteiger partial charge in [0, 0.05) is 23.6 Å². The summed E-state index contributed by atoms with van der Waals surface area (Å²) in [5, 5.41) is 12.7. The summed E-state index contributed by atoms with van der Waals surface area (Å²) in [6, 6.07) is 6.81. The van der Waals surface area contributed by atoms with Gasteiger partial charge in [-0.3, -0.25) is 10.1 Å². The highest BCUT2D eigenvalue weighted by Crippen LogP contribution is 2.11. The van der Waals surface area contributed by atoms with E-state index in [2.05, 4.69) is 19.2 Å². The van der Waals surface area contributed by atoms with Crippen molar-refractivity contribution < 1.29 is 10.2 Å². The van der Waals surface area contributed by atoms with Crippen LogP contribution in [0.1, 0.15) is 19.4 Å². The van der Waals surface area contributed by atoms with E-state index in [4.69, 9.17) is 0 Å². The van der Waals surface area contributed by atoms with E-state index in [1.165, 1.54) is 6.07 Å². The number of nitrogens with two attached hydrogens (primary N) is 1. The lowest BCUT2D eigenvalue weighted by atomic mass is 10.2. The lowest BCUT2D eigenvalue weighted by Crippen LogP contribution is -2.83. The smallest absolute Gasteiger partial charge is 0.269 e. The fourth-order valence-corrected chi connectivity index (χ4v) is 1.38. The SMILES string of the molecule is CC(C)C[NH2+]Cc1cccc([N+](=O)[O-])c1. The standard InChI is InChI=1S/C11H16N2O2/c1-9(2)7-12-8-10-4-3-5-11(6-10)13(14)15/h3-6,9,12H,7-8H2,1-2H3/p+1. The minimum atomic E-state index is -0.355. The number of nitro groups is 1.